The van der Waals surface area contributed by atoms with Crippen molar-refractivity contribution in [3.63, 3.8) is 0 Å². The van der Waals surface area contributed by atoms with Gasteiger partial charge in [-0.05, 0) is 199 Å². The van der Waals surface area contributed by atoms with E-state index < -0.39 is 0 Å². The highest BCUT2D eigenvalue weighted by Crippen LogP contribution is 2.50. The Morgan fingerprint density at radius 3 is 0.743 bits per heavy atom. The van der Waals surface area contributed by atoms with Crippen LogP contribution in [0.5, 0.6) is 0 Å². The molecule has 0 N–H and O–H groups in total. The minimum Gasteiger partial charge on any atom is -0.0616 e. The molecule has 0 aliphatic carbocycles. The fourth-order valence-corrected chi connectivity index (χ4v) is 13.0. The first kappa shape index (κ1) is 41.0. The summed E-state index contributed by atoms with van der Waals surface area (Å²) < 4.78 is 0. The molecular formula is C74H44. The van der Waals surface area contributed by atoms with Crippen LogP contribution < -0.4 is 0 Å². The summed E-state index contributed by atoms with van der Waals surface area (Å²) in [5, 5.41) is 27.7. The van der Waals surface area contributed by atoms with Crippen LogP contribution in [0.2, 0.25) is 0 Å². The largest absolute Gasteiger partial charge is 0.0616 e. The summed E-state index contributed by atoms with van der Waals surface area (Å²) in [5.74, 6) is 0. The number of fused-ring (bicyclic) bond motifs is 13. The maximum absolute atomic E-state index is 2.41. The molecule has 0 aliphatic heterocycles. The highest BCUT2D eigenvalue weighted by atomic mass is 14.3. The average molecular weight is 933 g/mol. The third-order valence-corrected chi connectivity index (χ3v) is 16.3. The lowest BCUT2D eigenvalue weighted by atomic mass is 9.81. The van der Waals surface area contributed by atoms with Crippen LogP contribution in [-0.2, 0) is 0 Å². The zero-order valence-corrected chi connectivity index (χ0v) is 40.4. The van der Waals surface area contributed by atoms with Crippen molar-refractivity contribution in [2.24, 2.45) is 0 Å². The van der Waals surface area contributed by atoms with Gasteiger partial charge in [0.2, 0.25) is 0 Å². The van der Waals surface area contributed by atoms with E-state index in [9.17, 15) is 0 Å². The van der Waals surface area contributed by atoms with E-state index in [1.165, 1.54) is 163 Å². The molecule has 340 valence electrons. The molecule has 16 aromatic rings. The minimum absolute atomic E-state index is 1.23. The second-order valence-corrected chi connectivity index (χ2v) is 20.2. The Morgan fingerprint density at radius 1 is 0.135 bits per heavy atom. The summed E-state index contributed by atoms with van der Waals surface area (Å²) in [4.78, 5) is 0. The van der Waals surface area contributed by atoms with Crippen molar-refractivity contribution >= 4 is 118 Å². The Balaban J connectivity index is 0.887. The van der Waals surface area contributed by atoms with Crippen molar-refractivity contribution in [1.29, 1.82) is 0 Å². The molecule has 16 rings (SSSR count). The molecular weight excluding hydrogens is 889 g/mol. The number of rotatable bonds is 4. The molecule has 0 aromatic heterocycles. The van der Waals surface area contributed by atoms with E-state index >= 15 is 0 Å². The van der Waals surface area contributed by atoms with Gasteiger partial charge in [0.05, 0.1) is 0 Å². The van der Waals surface area contributed by atoms with Gasteiger partial charge in [-0.25, -0.2) is 0 Å². The lowest BCUT2D eigenvalue weighted by Gasteiger charge is -2.21. The van der Waals surface area contributed by atoms with Gasteiger partial charge in [0, 0.05) is 0 Å². The third-order valence-electron chi connectivity index (χ3n) is 16.3. The van der Waals surface area contributed by atoms with E-state index in [1.54, 1.807) is 0 Å². The van der Waals surface area contributed by atoms with Crippen molar-refractivity contribution in [1.82, 2.24) is 0 Å². The molecule has 0 amide bonds. The molecule has 0 heteroatoms. The smallest absolute Gasteiger partial charge is 0.00201 e. The predicted octanol–water partition coefficient (Wildman–Crippen LogP) is 21.0. The van der Waals surface area contributed by atoms with Gasteiger partial charge in [-0.15, -0.1) is 0 Å². The van der Waals surface area contributed by atoms with Crippen LogP contribution in [0.1, 0.15) is 0 Å². The zero-order chi connectivity index (χ0) is 48.4. The van der Waals surface area contributed by atoms with Gasteiger partial charge in [0.15, 0.2) is 0 Å². The molecule has 0 fully saturated rings. The van der Waals surface area contributed by atoms with Crippen LogP contribution in [0.15, 0.2) is 267 Å². The topological polar surface area (TPSA) is 0 Å². The summed E-state index contributed by atoms with van der Waals surface area (Å²) >= 11 is 0. The molecule has 0 bridgehead atoms. The van der Waals surface area contributed by atoms with Crippen molar-refractivity contribution in [2.75, 3.05) is 0 Å². The zero-order valence-electron chi connectivity index (χ0n) is 40.4. The van der Waals surface area contributed by atoms with E-state index in [0.29, 0.717) is 0 Å². The fourth-order valence-electron chi connectivity index (χ4n) is 13.0. The van der Waals surface area contributed by atoms with E-state index in [2.05, 4.69) is 267 Å². The molecule has 74 heavy (non-hydrogen) atoms. The summed E-state index contributed by atoms with van der Waals surface area (Å²) in [6.45, 7) is 0. The normalized spacial score (nSPS) is 12.1. The van der Waals surface area contributed by atoms with E-state index in [1.807, 2.05) is 0 Å². The van der Waals surface area contributed by atoms with Gasteiger partial charge in [-0.2, -0.15) is 0 Å². The average Bonchev–Trinajstić information content (AvgIpc) is 3.47. The van der Waals surface area contributed by atoms with E-state index in [4.69, 9.17) is 0 Å². The Labute approximate surface area is 427 Å². The van der Waals surface area contributed by atoms with Crippen molar-refractivity contribution < 1.29 is 0 Å². The summed E-state index contributed by atoms with van der Waals surface area (Å²) in [6, 6.07) is 100. The Bertz CT molecular complexity index is 4640. The molecule has 0 aliphatic rings. The van der Waals surface area contributed by atoms with Gasteiger partial charge >= 0.3 is 0 Å². The lowest BCUT2D eigenvalue weighted by Crippen LogP contribution is -1.94. The summed E-state index contributed by atoms with van der Waals surface area (Å²) in [7, 11) is 0. The van der Waals surface area contributed by atoms with Crippen molar-refractivity contribution in [3.05, 3.63) is 267 Å². The first-order valence-corrected chi connectivity index (χ1v) is 25.8. The second-order valence-electron chi connectivity index (χ2n) is 20.2. The van der Waals surface area contributed by atoms with Gasteiger partial charge < -0.3 is 0 Å². The molecule has 0 unspecified atom stereocenters. The monoisotopic (exact) mass is 932 g/mol. The maximum atomic E-state index is 2.41. The van der Waals surface area contributed by atoms with Crippen LogP contribution in [0.4, 0.5) is 0 Å². The van der Waals surface area contributed by atoms with Crippen LogP contribution in [0.25, 0.3) is 163 Å². The number of benzene rings is 16. The van der Waals surface area contributed by atoms with Crippen LogP contribution >= 0.6 is 0 Å². The SMILES string of the molecule is c1ccc2cc3c(ccc4cc(-c5c6ccccc6c(-c6ccc(-c7c8ccccc8c(-c8ccc9c(ccc%10cc%11ccccc%11cc%109)c8)c8ccccc78)c7ccccc67)c6ccccc56)ccc43)cc2c1. The highest BCUT2D eigenvalue weighted by molar-refractivity contribution is 6.28. The first-order chi connectivity index (χ1) is 36.7. The molecule has 0 spiro atoms. The lowest BCUT2D eigenvalue weighted by molar-refractivity contribution is 1.67. The van der Waals surface area contributed by atoms with Crippen LogP contribution in [0.3, 0.4) is 0 Å². The molecule has 0 saturated heterocycles. The summed E-state index contributed by atoms with van der Waals surface area (Å²) in [5.41, 5.74) is 10.0. The molecule has 16 aromatic carbocycles. The van der Waals surface area contributed by atoms with Crippen LogP contribution in [0, 0.1) is 0 Å². The minimum atomic E-state index is 1.23. The van der Waals surface area contributed by atoms with Gasteiger partial charge in [0.25, 0.3) is 0 Å². The van der Waals surface area contributed by atoms with Gasteiger partial charge in [0.1, 0.15) is 0 Å². The second kappa shape index (κ2) is 15.9. The molecule has 0 saturated carbocycles. The fraction of sp³-hybridized carbons (Fsp3) is 0. The van der Waals surface area contributed by atoms with Crippen LogP contribution in [-0.4, -0.2) is 0 Å². The summed E-state index contributed by atoms with van der Waals surface area (Å²) in [6.07, 6.45) is 0. The Hall–Kier alpha value is -9.62. The van der Waals surface area contributed by atoms with Crippen molar-refractivity contribution in [2.45, 2.75) is 0 Å². The number of hydrogen-bond acceptors (Lipinski definition) is 0. The van der Waals surface area contributed by atoms with E-state index in [-0.39, 0.29) is 0 Å². The quantitative estimate of drug-likeness (QED) is 0.122. The third kappa shape index (κ3) is 6.09. The first-order valence-electron chi connectivity index (χ1n) is 25.8. The van der Waals surface area contributed by atoms with Gasteiger partial charge in [-0.1, -0.05) is 231 Å². The molecule has 0 heterocycles. The predicted molar refractivity (Wildman–Crippen MR) is 321 cm³/mol. The standard InChI is InChI=1S/C74H44/c1-3-17-47-43-69-51(39-45(47)15-1)31-29-49-41-53(33-35-55(49)69)71-59-21-7-11-25-63(59)73(64-26-12-8-22-60(64)71)67-37-38-68(58-20-6-5-19-57(58)67)74-65-27-13-9-23-61(65)72(62-24-10-14-28-66(62)74)54-34-36-56-50(42-54)30-32-52-40-46-16-2-4-18-48(46)44-70(52)56/h1-44H. The molecule has 0 atom stereocenters. The van der Waals surface area contributed by atoms with Crippen molar-refractivity contribution in [3.8, 4) is 44.5 Å². The molecule has 0 radical (unpaired) electrons. The Kier molecular flexibility index (Phi) is 8.84. The van der Waals surface area contributed by atoms with E-state index in [0.717, 1.165) is 0 Å². The maximum Gasteiger partial charge on any atom is -0.00201 e. The number of hydrogen-bond donors (Lipinski definition) is 0. The molecule has 0 nitrogen and oxygen atoms in total. The Morgan fingerprint density at radius 2 is 0.405 bits per heavy atom. The highest BCUT2D eigenvalue weighted by Gasteiger charge is 2.22. The van der Waals surface area contributed by atoms with Gasteiger partial charge in [-0.3, -0.25) is 0 Å².